The summed E-state index contributed by atoms with van der Waals surface area (Å²) in [4.78, 5) is 11.9. The highest BCUT2D eigenvalue weighted by molar-refractivity contribution is 5.82. The van der Waals surface area contributed by atoms with Gasteiger partial charge in [0, 0.05) is 6.54 Å². The highest BCUT2D eigenvalue weighted by Crippen LogP contribution is 2.28. The standard InChI is InChI=1S/C16H17NO6/c18-11-3-1-9(7-13(11)20)5-6-17-16(23)15(22)10-2-4-12(19)14(21)8-10/h1-4,7-8,15,18-22H,5-6H2,(H,17,23). The third-order valence-corrected chi connectivity index (χ3v) is 3.32. The molecule has 122 valence electrons. The molecule has 23 heavy (non-hydrogen) atoms. The number of rotatable bonds is 5. The average Bonchev–Trinajstić information content (AvgIpc) is 2.52. The number of hydrogen-bond acceptors (Lipinski definition) is 6. The number of carbonyl (C=O) groups excluding carboxylic acids is 1. The lowest BCUT2D eigenvalue weighted by Gasteiger charge is -2.12. The Hall–Kier alpha value is -2.93. The molecule has 2 aromatic rings. The number of benzene rings is 2. The third-order valence-electron chi connectivity index (χ3n) is 3.32. The summed E-state index contributed by atoms with van der Waals surface area (Å²) in [7, 11) is 0. The number of carbonyl (C=O) groups is 1. The molecular formula is C16H17NO6. The van der Waals surface area contributed by atoms with Crippen molar-refractivity contribution in [3.63, 3.8) is 0 Å². The number of amides is 1. The van der Waals surface area contributed by atoms with E-state index in [0.29, 0.717) is 12.0 Å². The number of nitrogens with one attached hydrogen (secondary N) is 1. The van der Waals surface area contributed by atoms with Crippen LogP contribution in [-0.2, 0) is 11.2 Å². The number of hydrogen-bond donors (Lipinski definition) is 6. The number of aromatic hydroxyl groups is 4. The van der Waals surface area contributed by atoms with Crippen LogP contribution in [0, 0.1) is 0 Å². The molecule has 1 atom stereocenters. The third kappa shape index (κ3) is 4.04. The maximum absolute atomic E-state index is 11.9. The van der Waals surface area contributed by atoms with Crippen molar-refractivity contribution in [2.75, 3.05) is 6.54 Å². The molecule has 0 aromatic heterocycles. The molecule has 2 rings (SSSR count). The van der Waals surface area contributed by atoms with Gasteiger partial charge in [0.2, 0.25) is 0 Å². The zero-order valence-electron chi connectivity index (χ0n) is 12.1. The van der Waals surface area contributed by atoms with E-state index in [1.165, 1.54) is 24.3 Å². The first kappa shape index (κ1) is 16.4. The summed E-state index contributed by atoms with van der Waals surface area (Å²) in [6.07, 6.45) is -1.08. The summed E-state index contributed by atoms with van der Waals surface area (Å²) in [6, 6.07) is 7.96. The predicted octanol–water partition coefficient (Wildman–Crippen LogP) is 0.901. The zero-order valence-corrected chi connectivity index (χ0v) is 12.1. The Morgan fingerprint density at radius 3 is 2.13 bits per heavy atom. The maximum Gasteiger partial charge on any atom is 0.253 e. The van der Waals surface area contributed by atoms with Crippen molar-refractivity contribution in [2.45, 2.75) is 12.5 Å². The fourth-order valence-electron chi connectivity index (χ4n) is 2.01. The maximum atomic E-state index is 11.9. The Kier molecular flexibility index (Phi) is 4.92. The molecule has 0 spiro atoms. The molecular weight excluding hydrogens is 302 g/mol. The predicted molar refractivity (Wildman–Crippen MR) is 81.2 cm³/mol. The van der Waals surface area contributed by atoms with Crippen LogP contribution in [0.5, 0.6) is 23.0 Å². The van der Waals surface area contributed by atoms with Gasteiger partial charge in [-0.1, -0.05) is 12.1 Å². The minimum absolute atomic E-state index is 0.153. The lowest BCUT2D eigenvalue weighted by atomic mass is 10.1. The first-order valence-corrected chi connectivity index (χ1v) is 6.87. The quantitative estimate of drug-likeness (QED) is 0.454. The van der Waals surface area contributed by atoms with Crippen LogP contribution in [0.4, 0.5) is 0 Å². The summed E-state index contributed by atoms with van der Waals surface area (Å²) in [5, 5.41) is 49.6. The van der Waals surface area contributed by atoms with Crippen LogP contribution in [0.2, 0.25) is 0 Å². The van der Waals surface area contributed by atoms with Crippen molar-refractivity contribution >= 4 is 5.91 Å². The van der Waals surface area contributed by atoms with Gasteiger partial charge in [0.15, 0.2) is 29.1 Å². The van der Waals surface area contributed by atoms with Crippen LogP contribution >= 0.6 is 0 Å². The topological polar surface area (TPSA) is 130 Å². The van der Waals surface area contributed by atoms with E-state index in [-0.39, 0.29) is 29.4 Å². The Morgan fingerprint density at radius 2 is 1.52 bits per heavy atom. The van der Waals surface area contributed by atoms with Gasteiger partial charge in [-0.3, -0.25) is 4.79 Å². The minimum Gasteiger partial charge on any atom is -0.504 e. The molecule has 7 nitrogen and oxygen atoms in total. The number of phenolic OH excluding ortho intramolecular Hbond substituents is 4. The van der Waals surface area contributed by atoms with Gasteiger partial charge in [-0.05, 0) is 41.8 Å². The van der Waals surface area contributed by atoms with Crippen molar-refractivity contribution < 1.29 is 30.3 Å². The summed E-state index contributed by atoms with van der Waals surface area (Å²) in [5.41, 5.74) is 0.859. The molecule has 1 unspecified atom stereocenters. The second-order valence-electron chi connectivity index (χ2n) is 5.01. The Morgan fingerprint density at radius 1 is 0.913 bits per heavy atom. The lowest BCUT2D eigenvalue weighted by molar-refractivity contribution is -0.129. The van der Waals surface area contributed by atoms with E-state index in [1.807, 2.05) is 0 Å². The molecule has 0 aliphatic heterocycles. The van der Waals surface area contributed by atoms with E-state index in [4.69, 9.17) is 0 Å². The van der Waals surface area contributed by atoms with E-state index in [2.05, 4.69) is 5.32 Å². The van der Waals surface area contributed by atoms with Gasteiger partial charge in [-0.25, -0.2) is 0 Å². The van der Waals surface area contributed by atoms with Gasteiger partial charge in [-0.15, -0.1) is 0 Å². The van der Waals surface area contributed by atoms with Crippen LogP contribution in [0.15, 0.2) is 36.4 Å². The molecule has 0 radical (unpaired) electrons. The van der Waals surface area contributed by atoms with E-state index in [9.17, 15) is 30.3 Å². The van der Waals surface area contributed by atoms with E-state index in [0.717, 1.165) is 6.07 Å². The van der Waals surface area contributed by atoms with Crippen LogP contribution in [0.3, 0.4) is 0 Å². The smallest absolute Gasteiger partial charge is 0.253 e. The molecule has 1 amide bonds. The molecule has 0 saturated carbocycles. The average molecular weight is 319 g/mol. The second kappa shape index (κ2) is 6.89. The highest BCUT2D eigenvalue weighted by Gasteiger charge is 2.18. The van der Waals surface area contributed by atoms with Crippen molar-refractivity contribution in [1.29, 1.82) is 0 Å². The number of aliphatic hydroxyl groups is 1. The van der Waals surface area contributed by atoms with Crippen LogP contribution < -0.4 is 5.32 Å². The first-order valence-electron chi connectivity index (χ1n) is 6.87. The Labute approximate surface area is 132 Å². The summed E-state index contributed by atoms with van der Waals surface area (Å²) in [6.45, 7) is 0.212. The van der Waals surface area contributed by atoms with Crippen LogP contribution in [-0.4, -0.2) is 38.0 Å². The minimum atomic E-state index is -1.48. The second-order valence-corrected chi connectivity index (χ2v) is 5.01. The number of phenols is 4. The van der Waals surface area contributed by atoms with Gasteiger partial charge in [0.05, 0.1) is 0 Å². The SMILES string of the molecule is O=C(NCCc1ccc(O)c(O)c1)C(O)c1ccc(O)c(O)c1. The molecule has 0 saturated heterocycles. The lowest BCUT2D eigenvalue weighted by Crippen LogP contribution is -2.30. The van der Waals surface area contributed by atoms with Gasteiger partial charge < -0.3 is 30.8 Å². The van der Waals surface area contributed by atoms with E-state index >= 15 is 0 Å². The van der Waals surface area contributed by atoms with Crippen LogP contribution in [0.25, 0.3) is 0 Å². The zero-order chi connectivity index (χ0) is 17.0. The van der Waals surface area contributed by atoms with Crippen LogP contribution in [0.1, 0.15) is 17.2 Å². The van der Waals surface area contributed by atoms with Crippen molar-refractivity contribution in [2.24, 2.45) is 0 Å². The molecule has 0 aliphatic rings. The summed E-state index contributed by atoms with van der Waals surface area (Å²) >= 11 is 0. The van der Waals surface area contributed by atoms with Crippen molar-refractivity contribution in [1.82, 2.24) is 5.32 Å². The van der Waals surface area contributed by atoms with E-state index < -0.39 is 17.8 Å². The fourth-order valence-corrected chi connectivity index (χ4v) is 2.01. The van der Waals surface area contributed by atoms with Gasteiger partial charge in [-0.2, -0.15) is 0 Å². The molecule has 0 bridgehead atoms. The molecule has 6 N–H and O–H groups in total. The number of aliphatic hydroxyl groups excluding tert-OH is 1. The Balaban J connectivity index is 1.90. The monoisotopic (exact) mass is 319 g/mol. The molecule has 2 aromatic carbocycles. The van der Waals surface area contributed by atoms with Gasteiger partial charge >= 0.3 is 0 Å². The van der Waals surface area contributed by atoms with Crippen molar-refractivity contribution in [3.8, 4) is 23.0 Å². The summed E-state index contributed by atoms with van der Waals surface area (Å²) in [5.74, 6) is -1.88. The molecule has 0 aliphatic carbocycles. The van der Waals surface area contributed by atoms with Crippen molar-refractivity contribution in [3.05, 3.63) is 47.5 Å². The molecule has 0 heterocycles. The fraction of sp³-hybridized carbons (Fsp3) is 0.188. The van der Waals surface area contributed by atoms with Gasteiger partial charge in [0.1, 0.15) is 0 Å². The molecule has 7 heteroatoms. The largest absolute Gasteiger partial charge is 0.504 e. The normalized spacial score (nSPS) is 11.9. The molecule has 0 fully saturated rings. The summed E-state index contributed by atoms with van der Waals surface area (Å²) < 4.78 is 0. The highest BCUT2D eigenvalue weighted by atomic mass is 16.3. The van der Waals surface area contributed by atoms with E-state index in [1.54, 1.807) is 6.07 Å². The van der Waals surface area contributed by atoms with Gasteiger partial charge in [0.25, 0.3) is 5.91 Å². The Bertz CT molecular complexity index is 716. The first-order chi connectivity index (χ1) is 10.9.